The van der Waals surface area contributed by atoms with Crippen LogP contribution < -0.4 is 31.9 Å². The molecule has 6 aromatic rings. The van der Waals surface area contributed by atoms with Gasteiger partial charge in [-0.2, -0.15) is 0 Å². The van der Waals surface area contributed by atoms with E-state index >= 15 is 0 Å². The fraction of sp³-hybridized carbons (Fsp3) is 0.232. The van der Waals surface area contributed by atoms with Gasteiger partial charge < -0.3 is 42.1 Å². The van der Waals surface area contributed by atoms with Crippen LogP contribution in [0.15, 0.2) is 157 Å². The molecule has 0 unspecified atom stereocenters. The molecule has 8 N–H and O–H groups in total. The first-order valence-electron chi connectivity index (χ1n) is 23.1. The van der Waals surface area contributed by atoms with Gasteiger partial charge >= 0.3 is 5.97 Å². The van der Waals surface area contributed by atoms with Crippen molar-refractivity contribution >= 4 is 58.4 Å². The van der Waals surface area contributed by atoms with Crippen LogP contribution >= 0.6 is 11.3 Å². The second kappa shape index (κ2) is 28.3. The summed E-state index contributed by atoms with van der Waals surface area (Å²) in [6.45, 7) is 1.53. The topological polar surface area (TPSA) is 232 Å². The van der Waals surface area contributed by atoms with E-state index in [2.05, 4.69) is 100 Å². The van der Waals surface area contributed by atoms with Gasteiger partial charge in [-0.05, 0) is 71.2 Å². The van der Waals surface area contributed by atoms with E-state index in [-0.39, 0.29) is 31.4 Å². The SMILES string of the molecule is C#C.Cc1ccc(-c2ccccc2)cc1.O=C1C[C@@H](O)C(=O)Nc2ccc(cc2)C[C@@H](C(=O)N[C@@H](Cc2ccccc2)C(=O)O)NC(=O)[C@@H](CCc2ccccc2)NC(=O)CNC(=O)[C@@H](Cc2cccs2)N1. The predicted molar refractivity (Wildman–Crippen MR) is 277 cm³/mol. The van der Waals surface area contributed by atoms with E-state index in [1.54, 1.807) is 60.0 Å². The molecule has 6 amide bonds. The van der Waals surface area contributed by atoms with Gasteiger partial charge in [-0.15, -0.1) is 24.2 Å². The Hall–Kier alpha value is -8.39. The van der Waals surface area contributed by atoms with Gasteiger partial charge in [0.2, 0.25) is 29.5 Å². The molecule has 2 bridgehead atoms. The molecule has 0 fully saturated rings. The van der Waals surface area contributed by atoms with Crippen LogP contribution in [-0.2, 0) is 59.2 Å². The average molecular weight is 991 g/mol. The fourth-order valence-corrected chi connectivity index (χ4v) is 8.24. The number of nitrogens with one attached hydrogen (secondary N) is 6. The summed E-state index contributed by atoms with van der Waals surface area (Å²) in [5.74, 6) is -5.93. The number of aliphatic hydroxyl groups is 1. The fourth-order valence-electron chi connectivity index (χ4n) is 7.49. The van der Waals surface area contributed by atoms with Crippen LogP contribution in [0.4, 0.5) is 5.69 Å². The third-order valence-corrected chi connectivity index (χ3v) is 12.2. The lowest BCUT2D eigenvalue weighted by Crippen LogP contribution is -2.57. The summed E-state index contributed by atoms with van der Waals surface area (Å²) in [5, 5.41) is 37.9. The van der Waals surface area contributed by atoms with Gasteiger partial charge in [0.1, 0.15) is 30.3 Å². The number of rotatable bonds is 11. The number of carbonyl (C=O) groups is 7. The quantitative estimate of drug-likeness (QED) is 0.0632. The Morgan fingerprint density at radius 3 is 1.88 bits per heavy atom. The van der Waals surface area contributed by atoms with Crippen LogP contribution in [0.25, 0.3) is 11.1 Å². The predicted octanol–water partition coefficient (Wildman–Crippen LogP) is 5.16. The zero-order valence-corrected chi connectivity index (χ0v) is 40.5. The molecular formula is C56H58N6O9S. The number of benzene rings is 5. The maximum absolute atomic E-state index is 14.0. The molecule has 0 saturated heterocycles. The van der Waals surface area contributed by atoms with Crippen molar-refractivity contribution in [2.24, 2.45) is 0 Å². The van der Waals surface area contributed by atoms with Crippen molar-refractivity contribution in [3.8, 4) is 24.0 Å². The Balaban J connectivity index is 0.000000547. The minimum atomic E-state index is -1.77. The second-order valence-electron chi connectivity index (χ2n) is 16.8. The second-order valence-corrected chi connectivity index (χ2v) is 17.8. The minimum Gasteiger partial charge on any atom is -0.480 e. The van der Waals surface area contributed by atoms with E-state index in [4.69, 9.17) is 0 Å². The number of carbonyl (C=O) groups excluding carboxylic acids is 6. The first kappa shape index (κ1) is 54.5. The number of hydrogen-bond donors (Lipinski definition) is 8. The maximum atomic E-state index is 14.0. The molecule has 0 spiro atoms. The van der Waals surface area contributed by atoms with E-state index in [0.717, 1.165) is 10.4 Å². The normalized spacial score (nSPS) is 18.0. The van der Waals surface area contributed by atoms with E-state index in [1.165, 1.54) is 40.2 Å². The van der Waals surface area contributed by atoms with E-state index in [0.29, 0.717) is 17.5 Å². The van der Waals surface area contributed by atoms with E-state index < -0.39 is 84.6 Å². The summed E-state index contributed by atoms with van der Waals surface area (Å²) in [6, 6.07) is 41.6. The lowest BCUT2D eigenvalue weighted by Gasteiger charge is -2.25. The lowest BCUT2D eigenvalue weighted by molar-refractivity contribution is -0.142. The van der Waals surface area contributed by atoms with Crippen molar-refractivity contribution in [1.29, 1.82) is 0 Å². The molecule has 2 aliphatic heterocycles. The zero-order valence-electron chi connectivity index (χ0n) is 39.7. The molecule has 0 radical (unpaired) electrons. The summed E-state index contributed by atoms with van der Waals surface area (Å²) < 4.78 is 0. The number of anilines is 1. The molecule has 5 atom stereocenters. The standard InChI is InChI=1S/C41H44N6O9S.C13H12.C2H2/c48-34-23-35(49)45-32(22-29-12-7-19-57-29)37(51)42-24-36(50)44-30(18-15-25-8-3-1-4-9-25)38(52)46-31(20-27-13-16-28(17-14-27)43-40(34)54)39(53)47-33(41(55)56)21-26-10-5-2-6-11-26;1-11-7-9-13(10-8-11)12-5-3-2-4-6-12;1-2/h1-14,16-17,19,30-34,48H,15,18,20-24H2,(H,42,51)(H,43,54)(H,44,50)(H,45,49)(H,46,52)(H,47,53)(H,55,56);2-10H,1H3;1-2H/t30-,31+,32-,33+,34-;;/m1../s1. The smallest absolute Gasteiger partial charge is 0.326 e. The van der Waals surface area contributed by atoms with Crippen LogP contribution in [0.3, 0.4) is 0 Å². The Labute approximate surface area is 422 Å². The third kappa shape index (κ3) is 17.8. The average Bonchev–Trinajstić information content (AvgIpc) is 3.91. The molecule has 15 nitrogen and oxygen atoms in total. The molecule has 5 aromatic carbocycles. The summed E-state index contributed by atoms with van der Waals surface area (Å²) >= 11 is 1.34. The van der Waals surface area contributed by atoms with Crippen molar-refractivity contribution in [3.63, 3.8) is 0 Å². The lowest BCUT2D eigenvalue weighted by atomic mass is 10.0. The van der Waals surface area contributed by atoms with Gasteiger partial charge in [-0.1, -0.05) is 139 Å². The summed E-state index contributed by atoms with van der Waals surface area (Å²) in [6.07, 6.45) is 5.94. The molecule has 0 saturated carbocycles. The molecule has 0 aliphatic carbocycles. The molecule has 3 heterocycles. The van der Waals surface area contributed by atoms with Gasteiger partial charge in [-0.25, -0.2) is 4.79 Å². The molecule has 372 valence electrons. The number of aliphatic hydroxyl groups excluding tert-OH is 1. The Morgan fingerprint density at radius 2 is 1.26 bits per heavy atom. The molecule has 8 rings (SSSR count). The van der Waals surface area contributed by atoms with Crippen molar-refractivity contribution < 1.29 is 43.8 Å². The zero-order chi connectivity index (χ0) is 51.8. The summed E-state index contributed by atoms with van der Waals surface area (Å²) in [5.41, 5.74) is 6.18. The Morgan fingerprint density at radius 1 is 0.667 bits per heavy atom. The monoisotopic (exact) mass is 990 g/mol. The maximum Gasteiger partial charge on any atom is 0.326 e. The number of amides is 6. The highest BCUT2D eigenvalue weighted by molar-refractivity contribution is 7.09. The van der Waals surface area contributed by atoms with Crippen LogP contribution in [0.1, 0.15) is 40.0 Å². The molecule has 1 aromatic heterocycles. The van der Waals surface area contributed by atoms with E-state index in [9.17, 15) is 43.8 Å². The number of aliphatic carboxylic acids is 1. The number of thiophene rings is 1. The third-order valence-electron chi connectivity index (χ3n) is 11.3. The number of aryl methyl sites for hydroxylation is 2. The van der Waals surface area contributed by atoms with Crippen molar-refractivity contribution in [2.45, 2.75) is 75.7 Å². The largest absolute Gasteiger partial charge is 0.480 e. The van der Waals surface area contributed by atoms with Crippen molar-refractivity contribution in [3.05, 3.63) is 184 Å². The number of terminal acetylenes is 1. The molecule has 72 heavy (non-hydrogen) atoms. The molecule has 2 aliphatic rings. The highest BCUT2D eigenvalue weighted by Gasteiger charge is 2.31. The van der Waals surface area contributed by atoms with Crippen molar-refractivity contribution in [1.82, 2.24) is 26.6 Å². The summed E-state index contributed by atoms with van der Waals surface area (Å²) in [7, 11) is 0. The highest BCUT2D eigenvalue weighted by Crippen LogP contribution is 2.19. The van der Waals surface area contributed by atoms with Gasteiger partial charge in [0.15, 0.2) is 0 Å². The number of carboxylic acids is 1. The van der Waals surface area contributed by atoms with Crippen LogP contribution in [-0.4, -0.2) is 88.4 Å². The number of hydrogen-bond acceptors (Lipinski definition) is 9. The van der Waals surface area contributed by atoms with Crippen LogP contribution in [0.2, 0.25) is 0 Å². The van der Waals surface area contributed by atoms with Crippen LogP contribution in [0, 0.1) is 19.8 Å². The first-order valence-corrected chi connectivity index (χ1v) is 24.0. The summed E-state index contributed by atoms with van der Waals surface area (Å²) in [4.78, 5) is 93.5. The van der Waals surface area contributed by atoms with Gasteiger partial charge in [0.05, 0.1) is 13.0 Å². The van der Waals surface area contributed by atoms with Gasteiger partial charge in [-0.3, -0.25) is 28.8 Å². The number of carboxylic acid groups (broad SMARTS) is 1. The number of fused-ring (bicyclic) bond motifs is 18. The Bertz CT molecular complexity index is 2720. The van der Waals surface area contributed by atoms with Crippen LogP contribution in [0.5, 0.6) is 0 Å². The van der Waals surface area contributed by atoms with Gasteiger partial charge in [0, 0.05) is 29.8 Å². The van der Waals surface area contributed by atoms with Crippen molar-refractivity contribution in [2.75, 3.05) is 11.9 Å². The minimum absolute atomic E-state index is 0.0282. The molecule has 16 heteroatoms. The first-order chi connectivity index (χ1) is 34.8. The van der Waals surface area contributed by atoms with Gasteiger partial charge in [0.25, 0.3) is 5.91 Å². The molecular weight excluding hydrogens is 933 g/mol. The Kier molecular flexibility index (Phi) is 21.5. The van der Waals surface area contributed by atoms with E-state index in [1.807, 2.05) is 36.4 Å². The highest BCUT2D eigenvalue weighted by atomic mass is 32.1.